The number of ether oxygens (including phenoxy) is 3. The molecule has 2 rings (SSSR count). The Bertz CT molecular complexity index is 196. The van der Waals surface area contributed by atoms with E-state index in [4.69, 9.17) is 14.2 Å². The Kier molecular flexibility index (Phi) is 1.79. The number of rotatable bonds is 0. The summed E-state index contributed by atoms with van der Waals surface area (Å²) in [5.41, 5.74) is -0.561. The first-order valence-electron chi connectivity index (χ1n) is 4.91. The molecule has 0 aromatic rings. The van der Waals surface area contributed by atoms with E-state index in [9.17, 15) is 0 Å². The van der Waals surface area contributed by atoms with Crippen molar-refractivity contribution in [1.29, 1.82) is 0 Å². The minimum Gasteiger partial charge on any atom is -0.327 e. The van der Waals surface area contributed by atoms with Crippen molar-refractivity contribution in [2.75, 3.05) is 6.61 Å². The molecular formula is C10H18O3. The summed E-state index contributed by atoms with van der Waals surface area (Å²) in [6.45, 7) is 8.92. The van der Waals surface area contributed by atoms with Crippen molar-refractivity contribution in [3.63, 3.8) is 0 Å². The zero-order chi connectivity index (χ0) is 9.74. The van der Waals surface area contributed by atoms with Gasteiger partial charge in [0.05, 0.1) is 17.8 Å². The first-order valence-corrected chi connectivity index (χ1v) is 4.91. The minimum absolute atomic E-state index is 0.280. The van der Waals surface area contributed by atoms with Crippen molar-refractivity contribution in [2.45, 2.75) is 57.7 Å². The monoisotopic (exact) mass is 186 g/mol. The van der Waals surface area contributed by atoms with Crippen LogP contribution in [-0.2, 0) is 14.2 Å². The lowest BCUT2D eigenvalue weighted by molar-refractivity contribution is -0.329. The Labute approximate surface area is 79.4 Å². The maximum Gasteiger partial charge on any atom is 0.284 e. The fourth-order valence-corrected chi connectivity index (χ4v) is 1.79. The molecule has 0 bridgehead atoms. The molecule has 0 atom stereocenters. The van der Waals surface area contributed by atoms with Gasteiger partial charge in [-0.3, -0.25) is 0 Å². The Morgan fingerprint density at radius 3 is 1.85 bits per heavy atom. The van der Waals surface area contributed by atoms with E-state index in [0.29, 0.717) is 0 Å². The molecule has 0 amide bonds. The largest absolute Gasteiger partial charge is 0.327 e. The molecule has 2 heterocycles. The second kappa shape index (κ2) is 2.47. The van der Waals surface area contributed by atoms with Crippen molar-refractivity contribution in [3.05, 3.63) is 0 Å². The molecule has 0 aliphatic carbocycles. The molecule has 2 fully saturated rings. The predicted octanol–water partition coefficient (Wildman–Crippen LogP) is 2.05. The molecule has 0 radical (unpaired) electrons. The van der Waals surface area contributed by atoms with E-state index < -0.39 is 5.97 Å². The first kappa shape index (κ1) is 9.44. The summed E-state index contributed by atoms with van der Waals surface area (Å²) in [5, 5.41) is 0. The third-order valence-electron chi connectivity index (χ3n) is 3.22. The van der Waals surface area contributed by atoms with Crippen molar-refractivity contribution >= 4 is 0 Å². The highest BCUT2D eigenvalue weighted by molar-refractivity contribution is 4.97. The third kappa shape index (κ3) is 1.30. The van der Waals surface area contributed by atoms with Gasteiger partial charge in [-0.15, -0.1) is 0 Å². The van der Waals surface area contributed by atoms with E-state index >= 15 is 0 Å². The molecular weight excluding hydrogens is 168 g/mol. The van der Waals surface area contributed by atoms with Crippen molar-refractivity contribution in [3.8, 4) is 0 Å². The van der Waals surface area contributed by atoms with Crippen LogP contribution < -0.4 is 0 Å². The normalized spacial score (nSPS) is 34.2. The quantitative estimate of drug-likeness (QED) is 0.579. The molecule has 0 unspecified atom stereocenters. The number of hydrogen-bond acceptors (Lipinski definition) is 3. The van der Waals surface area contributed by atoms with E-state index in [1.807, 2.05) is 27.7 Å². The highest BCUT2D eigenvalue weighted by Gasteiger charge is 2.59. The van der Waals surface area contributed by atoms with Gasteiger partial charge in [0.2, 0.25) is 0 Å². The fourth-order valence-electron chi connectivity index (χ4n) is 1.79. The van der Waals surface area contributed by atoms with Gasteiger partial charge in [-0.05, 0) is 34.1 Å². The zero-order valence-electron chi connectivity index (χ0n) is 8.85. The van der Waals surface area contributed by atoms with E-state index in [-0.39, 0.29) is 11.2 Å². The molecule has 0 saturated carbocycles. The van der Waals surface area contributed by atoms with Crippen LogP contribution in [0, 0.1) is 0 Å². The molecule has 2 saturated heterocycles. The van der Waals surface area contributed by atoms with Crippen molar-refractivity contribution in [1.82, 2.24) is 0 Å². The predicted molar refractivity (Wildman–Crippen MR) is 48.2 cm³/mol. The lowest BCUT2D eigenvalue weighted by Crippen LogP contribution is -2.41. The standard InChI is InChI=1S/C10H18O3/c1-8(2)9(3,4)13-10(12-8)6-5-7-11-10/h5-7H2,1-4H3. The maximum atomic E-state index is 5.87. The SMILES string of the molecule is CC1(C)OC2(CCCO2)OC1(C)C. The van der Waals surface area contributed by atoms with Gasteiger partial charge < -0.3 is 14.2 Å². The van der Waals surface area contributed by atoms with Crippen molar-refractivity contribution in [2.24, 2.45) is 0 Å². The van der Waals surface area contributed by atoms with Gasteiger partial charge in [0.1, 0.15) is 0 Å². The first-order chi connectivity index (χ1) is 5.87. The van der Waals surface area contributed by atoms with Crippen LogP contribution in [0.25, 0.3) is 0 Å². The van der Waals surface area contributed by atoms with E-state index in [0.717, 1.165) is 19.4 Å². The van der Waals surface area contributed by atoms with Crippen LogP contribution in [0.5, 0.6) is 0 Å². The molecule has 0 aromatic carbocycles. The van der Waals surface area contributed by atoms with Crippen LogP contribution in [0.3, 0.4) is 0 Å². The number of hydrogen-bond donors (Lipinski definition) is 0. The van der Waals surface area contributed by atoms with Gasteiger partial charge in [-0.25, -0.2) is 0 Å². The fraction of sp³-hybridized carbons (Fsp3) is 1.00. The summed E-state index contributed by atoms with van der Waals surface area (Å²) in [6.07, 6.45) is 1.87. The lowest BCUT2D eigenvalue weighted by Gasteiger charge is -2.29. The van der Waals surface area contributed by atoms with Gasteiger partial charge in [-0.1, -0.05) is 0 Å². The summed E-state index contributed by atoms with van der Waals surface area (Å²) in [4.78, 5) is 0. The highest BCUT2D eigenvalue weighted by atomic mass is 16.9. The van der Waals surface area contributed by atoms with Gasteiger partial charge in [-0.2, -0.15) is 0 Å². The second-order valence-electron chi connectivity index (χ2n) is 4.86. The second-order valence-corrected chi connectivity index (χ2v) is 4.86. The minimum atomic E-state index is -0.743. The highest BCUT2D eigenvalue weighted by Crippen LogP contribution is 2.48. The van der Waals surface area contributed by atoms with Crippen molar-refractivity contribution < 1.29 is 14.2 Å². The lowest BCUT2D eigenvalue weighted by atomic mass is 9.90. The molecule has 2 aliphatic rings. The average molecular weight is 186 g/mol. The Balaban J connectivity index is 2.23. The summed E-state index contributed by atoms with van der Waals surface area (Å²) in [6, 6.07) is 0. The molecule has 76 valence electrons. The van der Waals surface area contributed by atoms with Crippen LogP contribution in [0.4, 0.5) is 0 Å². The van der Waals surface area contributed by atoms with E-state index in [2.05, 4.69) is 0 Å². The smallest absolute Gasteiger partial charge is 0.284 e. The maximum absolute atomic E-state index is 5.87. The molecule has 1 spiro atoms. The van der Waals surface area contributed by atoms with E-state index in [1.54, 1.807) is 0 Å². The van der Waals surface area contributed by atoms with E-state index in [1.165, 1.54) is 0 Å². The Hall–Kier alpha value is -0.120. The van der Waals surface area contributed by atoms with Crippen LogP contribution in [0.2, 0.25) is 0 Å². The van der Waals surface area contributed by atoms with Gasteiger partial charge in [0.15, 0.2) is 0 Å². The summed E-state index contributed by atoms with van der Waals surface area (Å²) < 4.78 is 17.3. The van der Waals surface area contributed by atoms with Crippen LogP contribution in [0.1, 0.15) is 40.5 Å². The molecule has 2 aliphatic heterocycles. The molecule has 13 heavy (non-hydrogen) atoms. The van der Waals surface area contributed by atoms with Gasteiger partial charge in [0, 0.05) is 6.42 Å². The molecule has 0 aromatic heterocycles. The molecule has 3 nitrogen and oxygen atoms in total. The summed E-state index contributed by atoms with van der Waals surface area (Å²) >= 11 is 0. The zero-order valence-corrected chi connectivity index (χ0v) is 8.85. The van der Waals surface area contributed by atoms with Gasteiger partial charge in [0.25, 0.3) is 5.97 Å². The molecule has 0 N–H and O–H groups in total. The summed E-state index contributed by atoms with van der Waals surface area (Å²) in [5.74, 6) is -0.743. The average Bonchev–Trinajstić information content (AvgIpc) is 2.39. The third-order valence-corrected chi connectivity index (χ3v) is 3.22. The van der Waals surface area contributed by atoms with Crippen LogP contribution in [0.15, 0.2) is 0 Å². The Morgan fingerprint density at radius 2 is 1.46 bits per heavy atom. The molecule has 3 heteroatoms. The Morgan fingerprint density at radius 1 is 0.923 bits per heavy atom. The van der Waals surface area contributed by atoms with Gasteiger partial charge >= 0.3 is 0 Å². The summed E-state index contributed by atoms with van der Waals surface area (Å²) in [7, 11) is 0. The van der Waals surface area contributed by atoms with Crippen LogP contribution >= 0.6 is 0 Å². The topological polar surface area (TPSA) is 27.7 Å². The van der Waals surface area contributed by atoms with Crippen LogP contribution in [-0.4, -0.2) is 23.8 Å².